The van der Waals surface area contributed by atoms with Gasteiger partial charge >= 0.3 is 0 Å². The molecule has 3 aliphatic carbocycles. The average Bonchev–Trinajstić information content (AvgIpc) is 3.77. The standard InChI is InChI=1S/C48H50N4O5/c53-39-15-17-41-31(23-39)10-16-40(28-4-2-1-3-5-28)45(41)29-6-11-36(12-7-29)49-37-26-51(27-37)38-13-8-30(9-14-38)46(55)34-20-32-22-35-25-52(43-18-19-44(54)50-47(43)56)48(57)42(35)24-33(32)21-34/h1-7,11-12,15,17,22-24,30,34,37-38,40,43,45,49,53H,8-10,13-14,16,18-21,25-27H2,(H,50,54,56)/t30?,34?,38?,40-,43?,45+/m1/s1. The lowest BCUT2D eigenvalue weighted by molar-refractivity contribution is -0.137. The van der Waals surface area contributed by atoms with Crippen LogP contribution in [0.15, 0.2) is 84.9 Å². The third-order valence-corrected chi connectivity index (χ3v) is 14.2. The van der Waals surface area contributed by atoms with Crippen molar-refractivity contribution in [3.63, 3.8) is 0 Å². The molecule has 0 bridgehead atoms. The van der Waals surface area contributed by atoms with Crippen molar-refractivity contribution in [2.24, 2.45) is 11.8 Å². The molecule has 0 aromatic heterocycles. The number of hydrogen-bond acceptors (Lipinski definition) is 7. The summed E-state index contributed by atoms with van der Waals surface area (Å²) in [5.41, 5.74) is 10.2. The number of carbonyl (C=O) groups excluding carboxylic acids is 4. The van der Waals surface area contributed by atoms with Crippen LogP contribution in [0.1, 0.15) is 106 Å². The van der Waals surface area contributed by atoms with Crippen molar-refractivity contribution in [2.45, 2.75) is 101 Å². The van der Waals surface area contributed by atoms with E-state index in [0.717, 1.165) is 80.4 Å². The topological polar surface area (TPSA) is 119 Å². The first kappa shape index (κ1) is 36.1. The van der Waals surface area contributed by atoms with E-state index in [4.69, 9.17) is 0 Å². The molecular formula is C48H50N4O5. The minimum Gasteiger partial charge on any atom is -0.508 e. The first-order valence-electron chi connectivity index (χ1n) is 21.1. The number of rotatable bonds is 8. The lowest BCUT2D eigenvalue weighted by atomic mass is 9.69. The molecule has 0 spiro atoms. The quantitative estimate of drug-likeness (QED) is 0.172. The predicted octanol–water partition coefficient (Wildman–Crippen LogP) is 6.65. The number of aromatic hydroxyl groups is 1. The van der Waals surface area contributed by atoms with Crippen molar-refractivity contribution in [2.75, 3.05) is 18.4 Å². The zero-order valence-electron chi connectivity index (χ0n) is 32.3. The Morgan fingerprint density at radius 3 is 2.23 bits per heavy atom. The van der Waals surface area contributed by atoms with Crippen LogP contribution in [0.25, 0.3) is 0 Å². The third-order valence-electron chi connectivity index (χ3n) is 14.2. The molecule has 57 heavy (non-hydrogen) atoms. The maximum atomic E-state index is 13.8. The fourth-order valence-corrected chi connectivity index (χ4v) is 11.2. The van der Waals surface area contributed by atoms with Gasteiger partial charge in [-0.25, -0.2) is 0 Å². The average molecular weight is 763 g/mol. The number of benzene rings is 4. The number of anilines is 1. The first-order valence-corrected chi connectivity index (χ1v) is 21.1. The molecule has 9 nitrogen and oxygen atoms in total. The van der Waals surface area contributed by atoms with Crippen LogP contribution in [0.4, 0.5) is 5.69 Å². The summed E-state index contributed by atoms with van der Waals surface area (Å²) < 4.78 is 0. The van der Waals surface area contributed by atoms with Crippen molar-refractivity contribution >= 4 is 29.2 Å². The minimum absolute atomic E-state index is 0.0279. The summed E-state index contributed by atoms with van der Waals surface area (Å²) in [5.74, 6) is 0.594. The zero-order chi connectivity index (χ0) is 38.8. The summed E-state index contributed by atoms with van der Waals surface area (Å²) in [4.78, 5) is 55.5. The molecule has 6 aliphatic rings. The minimum atomic E-state index is -0.615. The van der Waals surface area contributed by atoms with Crippen LogP contribution in [-0.2, 0) is 40.2 Å². The molecule has 3 heterocycles. The number of nitrogens with zero attached hydrogens (tertiary/aromatic N) is 2. The maximum Gasteiger partial charge on any atom is 0.255 e. The molecule has 4 aromatic carbocycles. The summed E-state index contributed by atoms with van der Waals surface area (Å²) in [5, 5.41) is 16.4. The van der Waals surface area contributed by atoms with E-state index in [2.05, 4.69) is 82.3 Å². The summed E-state index contributed by atoms with van der Waals surface area (Å²) in [6.07, 6.45) is 8.01. The van der Waals surface area contributed by atoms with Crippen LogP contribution in [0.3, 0.4) is 0 Å². The number of likely N-dealkylation sites (tertiary alicyclic amines) is 1. The van der Waals surface area contributed by atoms with Crippen molar-refractivity contribution in [1.29, 1.82) is 0 Å². The molecule has 3 N–H and O–H groups in total. The smallest absolute Gasteiger partial charge is 0.255 e. The number of ketones is 1. The highest BCUT2D eigenvalue weighted by atomic mass is 16.3. The number of aryl methyl sites for hydroxylation is 1. The highest BCUT2D eigenvalue weighted by Gasteiger charge is 2.42. The molecule has 9 heteroatoms. The number of Topliss-reactive ketones (excluding diaryl/α,β-unsaturated/α-hetero) is 1. The number of nitrogens with one attached hydrogen (secondary N) is 2. The Morgan fingerprint density at radius 1 is 0.719 bits per heavy atom. The lowest BCUT2D eigenvalue weighted by Gasteiger charge is -2.47. The largest absolute Gasteiger partial charge is 0.508 e. The van der Waals surface area contributed by atoms with E-state index < -0.39 is 11.9 Å². The molecule has 10 rings (SSSR count). The van der Waals surface area contributed by atoms with Gasteiger partial charge in [0.1, 0.15) is 17.6 Å². The molecule has 3 fully saturated rings. The lowest BCUT2D eigenvalue weighted by Crippen LogP contribution is -2.59. The highest BCUT2D eigenvalue weighted by molar-refractivity contribution is 6.05. The van der Waals surface area contributed by atoms with Gasteiger partial charge in [-0.15, -0.1) is 0 Å². The van der Waals surface area contributed by atoms with Gasteiger partial charge in [-0.1, -0.05) is 54.6 Å². The van der Waals surface area contributed by atoms with E-state index in [1.807, 2.05) is 18.2 Å². The van der Waals surface area contributed by atoms with Gasteiger partial charge in [0.25, 0.3) is 5.91 Å². The molecule has 4 atom stereocenters. The van der Waals surface area contributed by atoms with Crippen LogP contribution in [0.2, 0.25) is 0 Å². The van der Waals surface area contributed by atoms with Gasteiger partial charge in [-0.2, -0.15) is 0 Å². The number of carbonyl (C=O) groups is 4. The van der Waals surface area contributed by atoms with Gasteiger partial charge in [-0.3, -0.25) is 29.4 Å². The van der Waals surface area contributed by atoms with Crippen molar-refractivity contribution in [3.05, 3.63) is 129 Å². The van der Waals surface area contributed by atoms with Gasteiger partial charge in [0, 0.05) is 61.1 Å². The molecule has 292 valence electrons. The van der Waals surface area contributed by atoms with Crippen LogP contribution in [0.5, 0.6) is 5.75 Å². The number of phenolic OH excluding ortho intramolecular Hbond substituents is 1. The first-order chi connectivity index (χ1) is 27.8. The Balaban J connectivity index is 0.709. The number of phenols is 1. The summed E-state index contributed by atoms with van der Waals surface area (Å²) >= 11 is 0. The van der Waals surface area contributed by atoms with Gasteiger partial charge in [-0.05, 0) is 133 Å². The second kappa shape index (κ2) is 14.6. The van der Waals surface area contributed by atoms with E-state index in [0.29, 0.717) is 54.5 Å². The fourth-order valence-electron chi connectivity index (χ4n) is 11.2. The molecular weight excluding hydrogens is 713 g/mol. The van der Waals surface area contributed by atoms with Crippen LogP contribution < -0.4 is 10.6 Å². The second-order valence-corrected chi connectivity index (χ2v) is 17.5. The number of piperidine rings is 1. The van der Waals surface area contributed by atoms with Gasteiger partial charge in [0.2, 0.25) is 11.8 Å². The number of fused-ring (bicyclic) bond motifs is 3. The molecule has 0 radical (unpaired) electrons. The number of hydrogen-bond donors (Lipinski definition) is 3. The van der Waals surface area contributed by atoms with E-state index in [1.54, 1.807) is 4.90 Å². The van der Waals surface area contributed by atoms with E-state index >= 15 is 0 Å². The molecule has 2 unspecified atom stereocenters. The van der Waals surface area contributed by atoms with Gasteiger partial charge < -0.3 is 15.3 Å². The molecule has 1 saturated carbocycles. The second-order valence-electron chi connectivity index (χ2n) is 17.5. The van der Waals surface area contributed by atoms with Crippen molar-refractivity contribution in [3.8, 4) is 5.75 Å². The maximum absolute atomic E-state index is 13.8. The van der Waals surface area contributed by atoms with Crippen LogP contribution >= 0.6 is 0 Å². The Labute approximate surface area is 333 Å². The normalized spacial score (nSPS) is 27.3. The zero-order valence-corrected chi connectivity index (χ0v) is 32.3. The fraction of sp³-hybridized carbons (Fsp3) is 0.417. The van der Waals surface area contributed by atoms with Crippen molar-refractivity contribution < 1.29 is 24.3 Å². The monoisotopic (exact) mass is 762 g/mol. The Hall–Kier alpha value is -5.28. The molecule has 3 aliphatic heterocycles. The number of amides is 3. The van der Waals surface area contributed by atoms with E-state index in [1.165, 1.54) is 22.3 Å². The molecule has 3 amide bonds. The Kier molecular flexibility index (Phi) is 9.23. The highest BCUT2D eigenvalue weighted by Crippen LogP contribution is 2.47. The van der Waals surface area contributed by atoms with Crippen LogP contribution in [0, 0.1) is 11.8 Å². The van der Waals surface area contributed by atoms with E-state index in [9.17, 15) is 24.3 Å². The van der Waals surface area contributed by atoms with E-state index in [-0.39, 0.29) is 36.0 Å². The third kappa shape index (κ3) is 6.73. The Bertz CT molecular complexity index is 2240. The van der Waals surface area contributed by atoms with Crippen molar-refractivity contribution in [1.82, 2.24) is 15.1 Å². The molecule has 2 saturated heterocycles. The Morgan fingerprint density at radius 2 is 1.47 bits per heavy atom. The molecule has 4 aromatic rings. The predicted molar refractivity (Wildman–Crippen MR) is 217 cm³/mol. The van der Waals surface area contributed by atoms with Crippen LogP contribution in [-0.4, -0.2) is 69.6 Å². The number of imide groups is 1. The summed E-state index contributed by atoms with van der Waals surface area (Å²) in [6.45, 7) is 2.40. The summed E-state index contributed by atoms with van der Waals surface area (Å²) in [7, 11) is 0. The SMILES string of the molecule is O=C1CCC(N2Cc3cc4c(cc3C2=O)CC(C(=O)C2CCC(N3CC(Nc5ccc([C@@H]6c7ccc(O)cc7CC[C@@H]6c6ccccc6)cc5)C3)CC2)C4)C(=O)N1. The van der Waals surface area contributed by atoms with Gasteiger partial charge in [0.15, 0.2) is 0 Å². The van der Waals surface area contributed by atoms with Gasteiger partial charge in [0.05, 0.1) is 6.04 Å². The summed E-state index contributed by atoms with van der Waals surface area (Å²) in [6, 6.07) is 30.1.